The zero-order chi connectivity index (χ0) is 14.9. The van der Waals surface area contributed by atoms with Crippen LogP contribution in [0.3, 0.4) is 0 Å². The van der Waals surface area contributed by atoms with Crippen molar-refractivity contribution in [2.45, 2.75) is 24.1 Å². The topological polar surface area (TPSA) is 52.3 Å². The Morgan fingerprint density at radius 2 is 2.19 bits per heavy atom. The lowest BCUT2D eigenvalue weighted by Gasteiger charge is -2.35. The summed E-state index contributed by atoms with van der Waals surface area (Å²) in [4.78, 5) is 13.6. The molecule has 2 aliphatic rings. The van der Waals surface area contributed by atoms with Gasteiger partial charge in [0.2, 0.25) is 0 Å². The van der Waals surface area contributed by atoms with Gasteiger partial charge in [0.15, 0.2) is 0 Å². The molecule has 0 spiro atoms. The molecule has 0 radical (unpaired) electrons. The van der Waals surface area contributed by atoms with Gasteiger partial charge >= 0.3 is 5.97 Å². The Morgan fingerprint density at radius 1 is 1.43 bits per heavy atom. The fraction of sp³-hybridized carbons (Fsp3) is 0.353. The van der Waals surface area contributed by atoms with Crippen molar-refractivity contribution in [3.63, 3.8) is 0 Å². The van der Waals surface area contributed by atoms with E-state index in [1.54, 1.807) is 11.8 Å². The zero-order valence-corrected chi connectivity index (χ0v) is 12.8. The van der Waals surface area contributed by atoms with Gasteiger partial charge in [0, 0.05) is 5.92 Å². The largest absolute Gasteiger partial charge is 0.465 e. The second-order valence-electron chi connectivity index (χ2n) is 5.33. The summed E-state index contributed by atoms with van der Waals surface area (Å²) < 4.78 is 5.26. The lowest BCUT2D eigenvalue weighted by atomic mass is 9.73. The van der Waals surface area contributed by atoms with Gasteiger partial charge in [-0.3, -0.25) is 4.79 Å². The standard InChI is InChI=1S/C17H19NO2S/c1-2-20-16(19)15-17(18,12-8-4-3-5-9-12)13-10-6-7-11-14(13)21-15/h3-9,11,13,15H,2,10,18H2,1H3. The van der Waals surface area contributed by atoms with E-state index in [1.165, 1.54) is 4.91 Å². The predicted octanol–water partition coefficient (Wildman–Crippen LogP) is 2.98. The Bertz CT molecular complexity index is 596. The zero-order valence-electron chi connectivity index (χ0n) is 12.0. The number of rotatable bonds is 3. The van der Waals surface area contributed by atoms with Crippen molar-refractivity contribution in [2.24, 2.45) is 11.7 Å². The average molecular weight is 301 g/mol. The van der Waals surface area contributed by atoms with Crippen molar-refractivity contribution in [3.8, 4) is 0 Å². The number of ether oxygens (including phenoxy) is 1. The van der Waals surface area contributed by atoms with Crippen LogP contribution in [-0.2, 0) is 15.1 Å². The molecule has 110 valence electrons. The Labute approximate surface area is 129 Å². The smallest absolute Gasteiger partial charge is 0.321 e. The molecule has 1 aliphatic heterocycles. The molecule has 1 heterocycles. The maximum absolute atomic E-state index is 12.4. The van der Waals surface area contributed by atoms with Gasteiger partial charge in [-0.1, -0.05) is 48.6 Å². The number of nitrogens with two attached hydrogens (primary N) is 1. The minimum Gasteiger partial charge on any atom is -0.465 e. The van der Waals surface area contributed by atoms with Crippen LogP contribution in [0.1, 0.15) is 18.9 Å². The summed E-state index contributed by atoms with van der Waals surface area (Å²) in [5.41, 5.74) is 7.10. The summed E-state index contributed by atoms with van der Waals surface area (Å²) in [6, 6.07) is 9.92. The first-order valence-electron chi connectivity index (χ1n) is 7.22. The van der Waals surface area contributed by atoms with Crippen molar-refractivity contribution >= 4 is 17.7 Å². The number of thioether (sulfide) groups is 1. The molecule has 3 unspecified atom stereocenters. The van der Waals surface area contributed by atoms with Crippen molar-refractivity contribution in [2.75, 3.05) is 6.61 Å². The van der Waals surface area contributed by atoms with Gasteiger partial charge in [-0.2, -0.15) is 0 Å². The molecule has 1 aliphatic carbocycles. The number of carbonyl (C=O) groups is 1. The van der Waals surface area contributed by atoms with Gasteiger partial charge in [0.1, 0.15) is 5.25 Å². The molecular weight excluding hydrogens is 282 g/mol. The molecule has 1 aromatic carbocycles. The highest BCUT2D eigenvalue weighted by molar-refractivity contribution is 8.04. The van der Waals surface area contributed by atoms with Crippen molar-refractivity contribution < 1.29 is 9.53 Å². The van der Waals surface area contributed by atoms with E-state index in [-0.39, 0.29) is 11.9 Å². The Balaban J connectivity index is 2.05. The molecule has 1 aromatic rings. The molecule has 1 fully saturated rings. The molecule has 0 aromatic heterocycles. The number of esters is 1. The van der Waals surface area contributed by atoms with Gasteiger partial charge in [-0.25, -0.2) is 0 Å². The summed E-state index contributed by atoms with van der Waals surface area (Å²) in [7, 11) is 0. The van der Waals surface area contributed by atoms with Crippen molar-refractivity contribution in [1.82, 2.24) is 0 Å². The number of benzene rings is 1. The Kier molecular flexibility index (Phi) is 3.91. The SMILES string of the molecule is CCOC(=O)C1SC2=CC=CCC2C1(N)c1ccccc1. The number of carbonyl (C=O) groups excluding carboxylic acids is 1. The maximum Gasteiger partial charge on any atom is 0.321 e. The van der Waals surface area contributed by atoms with E-state index in [2.05, 4.69) is 12.2 Å². The second-order valence-corrected chi connectivity index (χ2v) is 6.51. The number of hydrogen-bond acceptors (Lipinski definition) is 4. The summed E-state index contributed by atoms with van der Waals surface area (Å²) in [5, 5.41) is -0.393. The van der Waals surface area contributed by atoms with Crippen LogP contribution in [0.2, 0.25) is 0 Å². The molecule has 3 rings (SSSR count). The molecule has 4 heteroatoms. The van der Waals surface area contributed by atoms with Crippen LogP contribution in [0.25, 0.3) is 0 Å². The molecular formula is C17H19NO2S. The number of hydrogen-bond donors (Lipinski definition) is 1. The van der Waals surface area contributed by atoms with Gasteiger partial charge in [-0.15, -0.1) is 11.8 Å². The molecule has 0 amide bonds. The molecule has 2 N–H and O–H groups in total. The lowest BCUT2D eigenvalue weighted by Crippen LogP contribution is -2.52. The monoisotopic (exact) mass is 301 g/mol. The minimum atomic E-state index is -0.714. The first-order chi connectivity index (χ1) is 10.2. The van der Waals surface area contributed by atoms with Crippen LogP contribution >= 0.6 is 11.8 Å². The Hall–Kier alpha value is -1.52. The van der Waals surface area contributed by atoms with Crippen LogP contribution in [0.5, 0.6) is 0 Å². The van der Waals surface area contributed by atoms with E-state index in [9.17, 15) is 4.79 Å². The maximum atomic E-state index is 12.4. The summed E-state index contributed by atoms with van der Waals surface area (Å²) in [5.74, 6) is -0.0755. The van der Waals surface area contributed by atoms with Crippen LogP contribution in [0, 0.1) is 5.92 Å². The van der Waals surface area contributed by atoms with Gasteiger partial charge in [0.05, 0.1) is 12.1 Å². The molecule has 3 atom stereocenters. The fourth-order valence-corrected chi connectivity index (χ4v) is 4.66. The highest BCUT2D eigenvalue weighted by Crippen LogP contribution is 2.55. The third-order valence-corrected chi connectivity index (χ3v) is 5.66. The van der Waals surface area contributed by atoms with Gasteiger partial charge in [0.25, 0.3) is 0 Å². The van der Waals surface area contributed by atoms with E-state index < -0.39 is 10.8 Å². The molecule has 0 saturated carbocycles. The van der Waals surface area contributed by atoms with E-state index >= 15 is 0 Å². The summed E-state index contributed by atoms with van der Waals surface area (Å²) in [6.07, 6.45) is 7.09. The Morgan fingerprint density at radius 3 is 2.90 bits per heavy atom. The average Bonchev–Trinajstić information content (AvgIpc) is 2.83. The van der Waals surface area contributed by atoms with Gasteiger partial charge in [-0.05, 0) is 23.8 Å². The molecule has 21 heavy (non-hydrogen) atoms. The van der Waals surface area contributed by atoms with E-state index in [0.717, 1.165) is 12.0 Å². The van der Waals surface area contributed by atoms with E-state index in [4.69, 9.17) is 10.5 Å². The number of allylic oxidation sites excluding steroid dienone is 3. The molecule has 3 nitrogen and oxygen atoms in total. The van der Waals surface area contributed by atoms with Crippen LogP contribution in [0.15, 0.2) is 53.5 Å². The summed E-state index contributed by atoms with van der Waals surface area (Å²) >= 11 is 1.55. The minimum absolute atomic E-state index is 0.143. The predicted molar refractivity (Wildman–Crippen MR) is 85.6 cm³/mol. The van der Waals surface area contributed by atoms with Crippen LogP contribution in [-0.4, -0.2) is 17.8 Å². The van der Waals surface area contributed by atoms with Crippen molar-refractivity contribution in [1.29, 1.82) is 0 Å². The highest BCUT2D eigenvalue weighted by Gasteiger charge is 2.55. The van der Waals surface area contributed by atoms with Gasteiger partial charge < -0.3 is 10.5 Å². The first kappa shape index (κ1) is 14.4. The summed E-state index contributed by atoms with van der Waals surface area (Å²) in [6.45, 7) is 2.20. The quantitative estimate of drug-likeness (QED) is 0.872. The molecule has 1 saturated heterocycles. The normalized spacial score (nSPS) is 30.7. The van der Waals surface area contributed by atoms with Crippen LogP contribution < -0.4 is 5.73 Å². The third kappa shape index (κ3) is 2.32. The molecule has 0 bridgehead atoms. The van der Waals surface area contributed by atoms with E-state index in [0.29, 0.717) is 6.61 Å². The second kappa shape index (κ2) is 5.70. The lowest BCUT2D eigenvalue weighted by molar-refractivity contribution is -0.144. The third-order valence-electron chi connectivity index (χ3n) is 4.15. The van der Waals surface area contributed by atoms with Crippen molar-refractivity contribution in [3.05, 3.63) is 59.0 Å². The number of fused-ring (bicyclic) bond motifs is 1. The fourth-order valence-electron chi connectivity index (χ4n) is 3.12. The highest BCUT2D eigenvalue weighted by atomic mass is 32.2. The first-order valence-corrected chi connectivity index (χ1v) is 8.10. The van der Waals surface area contributed by atoms with E-state index in [1.807, 2.05) is 43.3 Å². The van der Waals surface area contributed by atoms with Crippen LogP contribution in [0.4, 0.5) is 0 Å².